The summed E-state index contributed by atoms with van der Waals surface area (Å²) < 4.78 is 0.866. The third-order valence-electron chi connectivity index (χ3n) is 1.92. The molecule has 3 nitrogen and oxygen atoms in total. The fraction of sp³-hybridized carbons (Fsp3) is 0.300. The van der Waals surface area contributed by atoms with E-state index in [1.165, 1.54) is 0 Å². The van der Waals surface area contributed by atoms with Gasteiger partial charge in [-0.15, -0.1) is 0 Å². The zero-order chi connectivity index (χ0) is 10.6. The maximum absolute atomic E-state index is 10.3. The highest BCUT2D eigenvalue weighted by atomic mass is 79.9. The van der Waals surface area contributed by atoms with Gasteiger partial charge in [-0.1, -0.05) is 6.07 Å². The largest absolute Gasteiger partial charge is 0.481 e. The highest BCUT2D eigenvalue weighted by molar-refractivity contribution is 9.10. The van der Waals surface area contributed by atoms with Crippen LogP contribution in [-0.2, 0) is 11.2 Å². The van der Waals surface area contributed by atoms with E-state index >= 15 is 0 Å². The van der Waals surface area contributed by atoms with Gasteiger partial charge in [0.05, 0.1) is 0 Å². The van der Waals surface area contributed by atoms with Crippen LogP contribution in [0.2, 0.25) is 0 Å². The number of anilines is 1. The van der Waals surface area contributed by atoms with Crippen LogP contribution < -0.4 is 5.73 Å². The smallest absolute Gasteiger partial charge is 0.303 e. The van der Waals surface area contributed by atoms with Crippen molar-refractivity contribution in [3.8, 4) is 0 Å². The first kappa shape index (κ1) is 11.0. The Kier molecular flexibility index (Phi) is 3.95. The van der Waals surface area contributed by atoms with E-state index in [0.29, 0.717) is 12.1 Å². The molecule has 0 atom stereocenters. The lowest BCUT2D eigenvalue weighted by Crippen LogP contribution is -1.96. The minimum absolute atomic E-state index is 0.210. The van der Waals surface area contributed by atoms with Crippen LogP contribution in [0, 0.1) is 0 Å². The van der Waals surface area contributed by atoms with E-state index in [4.69, 9.17) is 10.8 Å². The molecule has 1 rings (SSSR count). The van der Waals surface area contributed by atoms with E-state index in [-0.39, 0.29) is 6.42 Å². The lowest BCUT2D eigenvalue weighted by Gasteiger charge is -2.02. The predicted octanol–water partition coefficient (Wildman–Crippen LogP) is 2.44. The molecule has 3 N–H and O–H groups in total. The Morgan fingerprint density at radius 3 is 2.79 bits per heavy atom. The maximum atomic E-state index is 10.3. The van der Waals surface area contributed by atoms with Gasteiger partial charge in [-0.25, -0.2) is 0 Å². The van der Waals surface area contributed by atoms with E-state index in [1.807, 2.05) is 18.2 Å². The van der Waals surface area contributed by atoms with E-state index < -0.39 is 5.97 Å². The molecule has 0 unspecified atom stereocenters. The Balaban J connectivity index is 2.51. The number of carboxylic acid groups (broad SMARTS) is 1. The topological polar surface area (TPSA) is 63.3 Å². The molecule has 0 amide bonds. The summed E-state index contributed by atoms with van der Waals surface area (Å²) in [5.41, 5.74) is 7.43. The minimum atomic E-state index is -0.750. The molecule has 1 aromatic rings. The molecule has 14 heavy (non-hydrogen) atoms. The number of nitrogen functional groups attached to an aromatic ring is 1. The SMILES string of the molecule is Nc1ccc(CCCC(=O)O)cc1Br. The highest BCUT2D eigenvalue weighted by Crippen LogP contribution is 2.21. The molecule has 0 heterocycles. The second-order valence-corrected chi connectivity index (χ2v) is 3.96. The predicted molar refractivity (Wildman–Crippen MR) is 59.1 cm³/mol. The van der Waals surface area contributed by atoms with Gasteiger partial charge < -0.3 is 10.8 Å². The Morgan fingerprint density at radius 2 is 2.21 bits per heavy atom. The molecule has 0 saturated heterocycles. The molecule has 4 heteroatoms. The number of nitrogens with two attached hydrogens (primary N) is 1. The first-order valence-electron chi connectivity index (χ1n) is 4.35. The average molecular weight is 258 g/mol. The summed E-state index contributed by atoms with van der Waals surface area (Å²) in [5.74, 6) is -0.750. The van der Waals surface area contributed by atoms with Crippen molar-refractivity contribution in [2.24, 2.45) is 0 Å². The molecule has 0 fully saturated rings. The molecule has 0 bridgehead atoms. The van der Waals surface area contributed by atoms with Crippen molar-refractivity contribution >= 4 is 27.6 Å². The molecule has 0 saturated carbocycles. The third-order valence-corrected chi connectivity index (χ3v) is 2.61. The molecule has 0 aromatic heterocycles. The number of carboxylic acids is 1. The van der Waals surface area contributed by atoms with Crippen molar-refractivity contribution in [3.05, 3.63) is 28.2 Å². The summed E-state index contributed by atoms with van der Waals surface area (Å²) in [7, 11) is 0. The van der Waals surface area contributed by atoms with Gasteiger partial charge >= 0.3 is 5.97 Å². The van der Waals surface area contributed by atoms with Gasteiger partial charge in [0, 0.05) is 16.6 Å². The molecule has 0 radical (unpaired) electrons. The first-order chi connectivity index (χ1) is 6.59. The number of hydrogen-bond acceptors (Lipinski definition) is 2. The normalized spacial score (nSPS) is 10.1. The van der Waals surface area contributed by atoms with Gasteiger partial charge in [-0.05, 0) is 46.5 Å². The van der Waals surface area contributed by atoms with Crippen molar-refractivity contribution in [2.45, 2.75) is 19.3 Å². The zero-order valence-electron chi connectivity index (χ0n) is 7.66. The summed E-state index contributed by atoms with van der Waals surface area (Å²) >= 11 is 3.33. The van der Waals surface area contributed by atoms with Gasteiger partial charge in [-0.3, -0.25) is 4.79 Å². The molecule has 0 aliphatic heterocycles. The summed E-state index contributed by atoms with van der Waals surface area (Å²) in [5, 5.41) is 8.46. The van der Waals surface area contributed by atoms with Crippen LogP contribution in [0.5, 0.6) is 0 Å². The van der Waals surface area contributed by atoms with Crippen LogP contribution in [0.1, 0.15) is 18.4 Å². The van der Waals surface area contributed by atoms with Crippen LogP contribution in [-0.4, -0.2) is 11.1 Å². The van der Waals surface area contributed by atoms with E-state index in [2.05, 4.69) is 15.9 Å². The minimum Gasteiger partial charge on any atom is -0.481 e. The Bertz CT molecular complexity index is 339. The van der Waals surface area contributed by atoms with Gasteiger partial charge in [0.1, 0.15) is 0 Å². The van der Waals surface area contributed by atoms with Crippen LogP contribution in [0.3, 0.4) is 0 Å². The molecular formula is C10H12BrNO2. The molecule has 76 valence electrons. The number of rotatable bonds is 4. The fourth-order valence-electron chi connectivity index (χ4n) is 1.17. The summed E-state index contributed by atoms with van der Waals surface area (Å²) in [6.07, 6.45) is 1.64. The number of aryl methyl sites for hydroxylation is 1. The first-order valence-corrected chi connectivity index (χ1v) is 5.14. The molecule has 0 aliphatic rings. The van der Waals surface area contributed by atoms with Crippen molar-refractivity contribution in [1.29, 1.82) is 0 Å². The highest BCUT2D eigenvalue weighted by Gasteiger charge is 2.00. The Labute approximate surface area is 91.1 Å². The standard InChI is InChI=1S/C10H12BrNO2/c11-8-6-7(4-5-9(8)12)2-1-3-10(13)14/h4-6H,1-3,12H2,(H,13,14). The molecule has 0 aliphatic carbocycles. The van der Waals surface area contributed by atoms with Crippen molar-refractivity contribution < 1.29 is 9.90 Å². The zero-order valence-corrected chi connectivity index (χ0v) is 9.25. The summed E-state index contributed by atoms with van der Waals surface area (Å²) in [6, 6.07) is 5.67. The lowest BCUT2D eigenvalue weighted by atomic mass is 10.1. The van der Waals surface area contributed by atoms with Crippen LogP contribution in [0.25, 0.3) is 0 Å². The second kappa shape index (κ2) is 5.00. The quantitative estimate of drug-likeness (QED) is 0.815. The fourth-order valence-corrected chi connectivity index (χ4v) is 1.60. The number of benzene rings is 1. The Hall–Kier alpha value is -1.03. The molecule has 1 aromatic carbocycles. The van der Waals surface area contributed by atoms with Gasteiger partial charge in [0.25, 0.3) is 0 Å². The van der Waals surface area contributed by atoms with Crippen LogP contribution in [0.4, 0.5) is 5.69 Å². The maximum Gasteiger partial charge on any atom is 0.303 e. The average Bonchev–Trinajstić information content (AvgIpc) is 2.10. The number of hydrogen-bond donors (Lipinski definition) is 2. The van der Waals surface area contributed by atoms with Gasteiger partial charge in [0.15, 0.2) is 0 Å². The second-order valence-electron chi connectivity index (χ2n) is 3.10. The van der Waals surface area contributed by atoms with Gasteiger partial charge in [-0.2, -0.15) is 0 Å². The van der Waals surface area contributed by atoms with Gasteiger partial charge in [0.2, 0.25) is 0 Å². The third kappa shape index (κ3) is 3.38. The van der Waals surface area contributed by atoms with E-state index in [9.17, 15) is 4.79 Å². The summed E-state index contributed by atoms with van der Waals surface area (Å²) in [6.45, 7) is 0. The molecular weight excluding hydrogens is 246 g/mol. The van der Waals surface area contributed by atoms with E-state index in [0.717, 1.165) is 16.5 Å². The summed E-state index contributed by atoms with van der Waals surface area (Å²) in [4.78, 5) is 10.3. The van der Waals surface area contributed by atoms with Crippen LogP contribution in [0.15, 0.2) is 22.7 Å². The van der Waals surface area contributed by atoms with Crippen molar-refractivity contribution in [1.82, 2.24) is 0 Å². The number of halogens is 1. The number of aliphatic carboxylic acids is 1. The molecule has 0 spiro atoms. The van der Waals surface area contributed by atoms with Crippen molar-refractivity contribution in [2.75, 3.05) is 5.73 Å². The van der Waals surface area contributed by atoms with Crippen LogP contribution >= 0.6 is 15.9 Å². The van der Waals surface area contributed by atoms with Crippen molar-refractivity contribution in [3.63, 3.8) is 0 Å². The monoisotopic (exact) mass is 257 g/mol. The number of carbonyl (C=O) groups is 1. The Morgan fingerprint density at radius 1 is 1.50 bits per heavy atom. The lowest BCUT2D eigenvalue weighted by molar-refractivity contribution is -0.137. The van der Waals surface area contributed by atoms with E-state index in [1.54, 1.807) is 0 Å².